The fraction of sp³-hybridized carbons (Fsp3) is 0.167. The maximum atomic E-state index is 12.2. The Morgan fingerprint density at radius 2 is 1.88 bits per heavy atom. The average Bonchev–Trinajstić information content (AvgIpc) is 3.23. The lowest BCUT2D eigenvalue weighted by Gasteiger charge is -2.31. The molecular weight excluding hydrogens is 377 g/mol. The normalized spacial score (nSPS) is 22.1. The first-order chi connectivity index (χ1) is 12.6. The van der Waals surface area contributed by atoms with Crippen LogP contribution in [-0.2, 0) is 21.6 Å². The molecule has 0 saturated carbocycles. The van der Waals surface area contributed by atoms with Gasteiger partial charge in [-0.1, -0.05) is 47.5 Å². The number of carbonyl (C=O) groups is 1. The van der Waals surface area contributed by atoms with Crippen LogP contribution in [0.15, 0.2) is 61.2 Å². The quantitative estimate of drug-likeness (QED) is 0.619. The average molecular weight is 390 g/mol. The highest BCUT2D eigenvalue weighted by molar-refractivity contribution is 6.30. The van der Waals surface area contributed by atoms with Crippen molar-refractivity contribution in [3.05, 3.63) is 82.4 Å². The molecule has 0 unspecified atom stereocenters. The van der Waals surface area contributed by atoms with Gasteiger partial charge in [0, 0.05) is 15.6 Å². The van der Waals surface area contributed by atoms with Crippen LogP contribution in [0.4, 0.5) is 4.79 Å². The molecule has 0 amide bonds. The molecule has 1 fully saturated rings. The fourth-order valence-corrected chi connectivity index (χ4v) is 3.54. The molecule has 1 aliphatic rings. The molecule has 0 aliphatic carbocycles. The first-order valence-electron chi connectivity index (χ1n) is 7.80. The van der Waals surface area contributed by atoms with Crippen molar-refractivity contribution in [1.82, 2.24) is 14.8 Å². The number of cyclic esters (lactones) is 2. The molecule has 6 nitrogen and oxygen atoms in total. The second-order valence-corrected chi connectivity index (χ2v) is 6.77. The van der Waals surface area contributed by atoms with Gasteiger partial charge in [-0.25, -0.2) is 14.5 Å². The van der Waals surface area contributed by atoms with Gasteiger partial charge in [0.15, 0.2) is 6.10 Å². The summed E-state index contributed by atoms with van der Waals surface area (Å²) in [6.45, 7) is 0.205. The maximum absolute atomic E-state index is 12.2. The van der Waals surface area contributed by atoms with Crippen LogP contribution < -0.4 is 0 Å². The summed E-state index contributed by atoms with van der Waals surface area (Å²) in [6, 6.07) is 14.2. The largest absolute Gasteiger partial charge is 0.510 e. The zero-order valence-corrected chi connectivity index (χ0v) is 14.9. The van der Waals surface area contributed by atoms with Gasteiger partial charge in [0.2, 0.25) is 5.60 Å². The Hall–Kier alpha value is -2.57. The summed E-state index contributed by atoms with van der Waals surface area (Å²) in [5.74, 6) is 0. The molecular formula is C18H13Cl2N3O3. The maximum Gasteiger partial charge on any atom is 0.510 e. The van der Waals surface area contributed by atoms with Gasteiger partial charge in [0.25, 0.3) is 0 Å². The molecule has 26 heavy (non-hydrogen) atoms. The lowest BCUT2D eigenvalue weighted by Crippen LogP contribution is -2.37. The lowest BCUT2D eigenvalue weighted by atomic mass is 9.84. The predicted molar refractivity (Wildman–Crippen MR) is 94.9 cm³/mol. The summed E-state index contributed by atoms with van der Waals surface area (Å²) in [5, 5.41) is 5.20. The van der Waals surface area contributed by atoms with E-state index < -0.39 is 17.9 Å². The first kappa shape index (κ1) is 16.9. The monoisotopic (exact) mass is 389 g/mol. The standard InChI is InChI=1S/C18H13Cl2N3O3/c19-14-5-1-3-12(7-14)16-18(26-17(24)25-16,9-23-11-21-10-22-23)13-4-2-6-15(20)8-13/h1-8,10-11,16H,9H2/t16-,18-/m1/s1. The molecule has 1 aromatic heterocycles. The number of nitrogens with zero attached hydrogens (tertiary/aromatic N) is 3. The van der Waals surface area contributed by atoms with Crippen molar-refractivity contribution in [2.45, 2.75) is 18.2 Å². The molecule has 0 spiro atoms. The molecule has 2 heterocycles. The van der Waals surface area contributed by atoms with Crippen LogP contribution >= 0.6 is 23.2 Å². The van der Waals surface area contributed by atoms with E-state index in [0.29, 0.717) is 21.2 Å². The zero-order chi connectivity index (χ0) is 18.1. The molecule has 2 aromatic carbocycles. The summed E-state index contributed by atoms with van der Waals surface area (Å²) in [4.78, 5) is 16.1. The summed E-state index contributed by atoms with van der Waals surface area (Å²) in [5.41, 5.74) is 0.236. The van der Waals surface area contributed by atoms with Crippen LogP contribution in [0.1, 0.15) is 17.2 Å². The fourth-order valence-electron chi connectivity index (χ4n) is 3.15. The molecule has 132 valence electrons. The molecule has 1 saturated heterocycles. The van der Waals surface area contributed by atoms with Crippen LogP contribution in [0.5, 0.6) is 0 Å². The number of hydrogen-bond acceptors (Lipinski definition) is 5. The number of ether oxygens (including phenoxy) is 2. The minimum absolute atomic E-state index is 0.205. The number of benzene rings is 2. The minimum Gasteiger partial charge on any atom is -0.421 e. The minimum atomic E-state index is -1.17. The van der Waals surface area contributed by atoms with Gasteiger partial charge in [-0.3, -0.25) is 0 Å². The van der Waals surface area contributed by atoms with E-state index in [0.717, 1.165) is 0 Å². The van der Waals surface area contributed by atoms with E-state index in [4.69, 9.17) is 32.7 Å². The van der Waals surface area contributed by atoms with Crippen molar-refractivity contribution < 1.29 is 14.3 Å². The van der Waals surface area contributed by atoms with Crippen LogP contribution in [0.2, 0.25) is 10.0 Å². The van der Waals surface area contributed by atoms with Gasteiger partial charge in [-0.15, -0.1) is 0 Å². The van der Waals surface area contributed by atoms with Crippen LogP contribution in [-0.4, -0.2) is 20.9 Å². The van der Waals surface area contributed by atoms with Crippen molar-refractivity contribution in [1.29, 1.82) is 0 Å². The molecule has 0 radical (unpaired) electrons. The summed E-state index contributed by atoms with van der Waals surface area (Å²) < 4.78 is 12.8. The van der Waals surface area contributed by atoms with Crippen LogP contribution in [0, 0.1) is 0 Å². The van der Waals surface area contributed by atoms with E-state index in [9.17, 15) is 4.79 Å². The van der Waals surface area contributed by atoms with E-state index in [2.05, 4.69) is 10.1 Å². The Balaban J connectivity index is 1.88. The number of hydrogen-bond donors (Lipinski definition) is 0. The topological polar surface area (TPSA) is 66.2 Å². The Morgan fingerprint density at radius 1 is 1.12 bits per heavy atom. The van der Waals surface area contributed by atoms with E-state index >= 15 is 0 Å². The molecule has 0 N–H and O–H groups in total. The molecule has 2 atom stereocenters. The van der Waals surface area contributed by atoms with Crippen LogP contribution in [0.25, 0.3) is 0 Å². The highest BCUT2D eigenvalue weighted by atomic mass is 35.5. The number of carbonyl (C=O) groups excluding carboxylic acids is 1. The smallest absolute Gasteiger partial charge is 0.421 e. The van der Waals surface area contributed by atoms with Crippen molar-refractivity contribution >= 4 is 29.4 Å². The first-order valence-corrected chi connectivity index (χ1v) is 8.56. The van der Waals surface area contributed by atoms with Crippen molar-refractivity contribution in [2.75, 3.05) is 0 Å². The second kappa shape index (κ2) is 6.63. The van der Waals surface area contributed by atoms with Gasteiger partial charge in [-0.2, -0.15) is 5.10 Å². The molecule has 0 bridgehead atoms. The highest BCUT2D eigenvalue weighted by Crippen LogP contribution is 2.48. The van der Waals surface area contributed by atoms with Crippen molar-refractivity contribution in [3.8, 4) is 0 Å². The van der Waals surface area contributed by atoms with Gasteiger partial charge in [0.1, 0.15) is 12.7 Å². The van der Waals surface area contributed by atoms with Gasteiger partial charge >= 0.3 is 6.16 Å². The third kappa shape index (κ3) is 3.02. The van der Waals surface area contributed by atoms with E-state index in [-0.39, 0.29) is 6.54 Å². The molecule has 1 aliphatic heterocycles. The molecule has 3 aromatic rings. The Labute approximate surface area is 159 Å². The highest BCUT2D eigenvalue weighted by Gasteiger charge is 2.54. The van der Waals surface area contributed by atoms with E-state index in [1.165, 1.54) is 6.33 Å². The number of rotatable bonds is 4. The molecule has 4 rings (SSSR count). The Kier molecular flexibility index (Phi) is 4.30. The second-order valence-electron chi connectivity index (χ2n) is 5.90. The van der Waals surface area contributed by atoms with Crippen molar-refractivity contribution in [3.63, 3.8) is 0 Å². The predicted octanol–water partition coefficient (Wildman–Crippen LogP) is 4.39. The Bertz CT molecular complexity index is 948. The van der Waals surface area contributed by atoms with Gasteiger partial charge in [0.05, 0.1) is 6.54 Å². The summed E-state index contributed by atoms with van der Waals surface area (Å²) >= 11 is 12.3. The SMILES string of the molecule is O=C1O[C@H](c2cccc(Cl)c2)[C@@](Cn2cncn2)(c2cccc(Cl)c2)O1. The van der Waals surface area contributed by atoms with Gasteiger partial charge < -0.3 is 9.47 Å². The van der Waals surface area contributed by atoms with Gasteiger partial charge in [-0.05, 0) is 29.8 Å². The van der Waals surface area contributed by atoms with E-state index in [1.54, 1.807) is 47.4 Å². The van der Waals surface area contributed by atoms with E-state index in [1.807, 2.05) is 12.1 Å². The lowest BCUT2D eigenvalue weighted by molar-refractivity contribution is 0.00355. The van der Waals surface area contributed by atoms with Crippen molar-refractivity contribution in [2.24, 2.45) is 0 Å². The van der Waals surface area contributed by atoms with Crippen LogP contribution in [0.3, 0.4) is 0 Å². The zero-order valence-electron chi connectivity index (χ0n) is 13.4. The Morgan fingerprint density at radius 3 is 2.58 bits per heavy atom. The summed E-state index contributed by atoms with van der Waals surface area (Å²) in [6.07, 6.45) is 1.47. The third-order valence-electron chi connectivity index (χ3n) is 4.23. The molecule has 8 heteroatoms. The number of aromatic nitrogens is 3. The summed E-state index contributed by atoms with van der Waals surface area (Å²) in [7, 11) is 0. The third-order valence-corrected chi connectivity index (χ3v) is 4.70. The number of halogens is 2.